The highest BCUT2D eigenvalue weighted by Gasteiger charge is 2.42. The van der Waals surface area contributed by atoms with Crippen LogP contribution in [0.15, 0.2) is 41.8 Å². The summed E-state index contributed by atoms with van der Waals surface area (Å²) >= 11 is 7.07. The molecule has 1 atom stereocenters. The molecule has 9 heteroatoms. The molecule has 1 N–H and O–H groups in total. The number of thiocarbonyl (C=S) groups is 1. The van der Waals surface area contributed by atoms with Gasteiger partial charge in [-0.15, -0.1) is 11.3 Å². The predicted octanol–water partition coefficient (Wildman–Crippen LogP) is 3.27. The van der Waals surface area contributed by atoms with E-state index in [9.17, 15) is 14.4 Å². The van der Waals surface area contributed by atoms with Crippen LogP contribution in [0.2, 0.25) is 0 Å². The molecule has 0 bridgehead atoms. The topological polar surface area (TPSA) is 78.9 Å². The summed E-state index contributed by atoms with van der Waals surface area (Å²) in [4.78, 5) is 41.6. The Balaban J connectivity index is 1.68. The van der Waals surface area contributed by atoms with E-state index in [0.29, 0.717) is 36.1 Å². The van der Waals surface area contributed by atoms with Crippen LogP contribution in [-0.2, 0) is 20.9 Å². The predicted molar refractivity (Wildman–Crippen MR) is 119 cm³/mol. The number of likely N-dealkylation sites (N-methyl/N-ethyl adjacent to an activating group) is 1. The zero-order chi connectivity index (χ0) is 21.7. The van der Waals surface area contributed by atoms with E-state index in [0.717, 1.165) is 4.88 Å². The standard InChI is InChI=1S/C21H23N3O4S2/c1-3-23-19(26)17(24(21(23)29)13-16-6-5-11-30-16)12-18(25)22-15-9-7-14(8-10-15)20(27)28-4-2/h5-11,17H,3-4,12-13H2,1-2H3,(H,22,25)/t17-/m1/s1. The Morgan fingerprint density at radius 1 is 1.20 bits per heavy atom. The Morgan fingerprint density at radius 2 is 1.93 bits per heavy atom. The summed E-state index contributed by atoms with van der Waals surface area (Å²) in [6, 6.07) is 9.73. The van der Waals surface area contributed by atoms with Gasteiger partial charge in [-0.05, 0) is 61.8 Å². The second-order valence-electron chi connectivity index (χ2n) is 6.64. The molecule has 2 aromatic rings. The molecular formula is C21H23N3O4S2. The average Bonchev–Trinajstić information content (AvgIpc) is 3.31. The maximum absolute atomic E-state index is 12.8. The number of rotatable bonds is 8. The first-order valence-corrected chi connectivity index (χ1v) is 10.9. The third kappa shape index (κ3) is 4.85. The molecule has 2 heterocycles. The molecule has 0 saturated carbocycles. The van der Waals surface area contributed by atoms with Crippen LogP contribution >= 0.6 is 23.6 Å². The molecule has 0 radical (unpaired) electrons. The van der Waals surface area contributed by atoms with Crippen LogP contribution in [0.4, 0.5) is 5.69 Å². The van der Waals surface area contributed by atoms with Crippen molar-refractivity contribution in [1.82, 2.24) is 9.80 Å². The van der Waals surface area contributed by atoms with Gasteiger partial charge in [-0.3, -0.25) is 14.5 Å². The molecule has 0 aliphatic carbocycles. The maximum atomic E-state index is 12.8. The van der Waals surface area contributed by atoms with E-state index in [1.54, 1.807) is 42.5 Å². The van der Waals surface area contributed by atoms with Crippen molar-refractivity contribution < 1.29 is 19.1 Å². The van der Waals surface area contributed by atoms with Crippen LogP contribution in [0.3, 0.4) is 0 Å². The van der Waals surface area contributed by atoms with Gasteiger partial charge >= 0.3 is 5.97 Å². The Morgan fingerprint density at radius 3 is 2.53 bits per heavy atom. The minimum absolute atomic E-state index is 0.0134. The summed E-state index contributed by atoms with van der Waals surface area (Å²) in [6.07, 6.45) is -0.0134. The van der Waals surface area contributed by atoms with E-state index in [1.165, 1.54) is 4.90 Å². The van der Waals surface area contributed by atoms with E-state index in [2.05, 4.69) is 5.32 Å². The first kappa shape index (κ1) is 21.9. The van der Waals surface area contributed by atoms with Gasteiger partial charge in [0, 0.05) is 17.1 Å². The van der Waals surface area contributed by atoms with Gasteiger partial charge in [-0.1, -0.05) is 6.07 Å². The van der Waals surface area contributed by atoms with Crippen LogP contribution < -0.4 is 5.32 Å². The minimum Gasteiger partial charge on any atom is -0.462 e. The molecule has 3 rings (SSSR count). The van der Waals surface area contributed by atoms with Crippen LogP contribution in [0.5, 0.6) is 0 Å². The lowest BCUT2D eigenvalue weighted by Crippen LogP contribution is -2.37. The Hall–Kier alpha value is -2.78. The molecule has 7 nitrogen and oxygen atoms in total. The van der Waals surface area contributed by atoms with E-state index in [1.807, 2.05) is 29.3 Å². The fraction of sp³-hybridized carbons (Fsp3) is 0.333. The average molecular weight is 446 g/mol. The van der Waals surface area contributed by atoms with Crippen molar-refractivity contribution in [2.75, 3.05) is 18.5 Å². The largest absolute Gasteiger partial charge is 0.462 e. The summed E-state index contributed by atoms with van der Waals surface area (Å²) in [5, 5.41) is 5.20. The number of anilines is 1. The highest BCUT2D eigenvalue weighted by molar-refractivity contribution is 7.80. The fourth-order valence-electron chi connectivity index (χ4n) is 3.22. The first-order chi connectivity index (χ1) is 14.4. The van der Waals surface area contributed by atoms with E-state index >= 15 is 0 Å². The van der Waals surface area contributed by atoms with Crippen LogP contribution in [0.25, 0.3) is 0 Å². The molecule has 1 aliphatic heterocycles. The first-order valence-electron chi connectivity index (χ1n) is 9.66. The third-order valence-corrected chi connectivity index (χ3v) is 6.00. The molecule has 1 aliphatic rings. The second-order valence-corrected chi connectivity index (χ2v) is 8.04. The number of benzene rings is 1. The summed E-state index contributed by atoms with van der Waals surface area (Å²) in [5.41, 5.74) is 0.949. The van der Waals surface area contributed by atoms with Gasteiger partial charge in [0.15, 0.2) is 5.11 Å². The number of thiophene rings is 1. The zero-order valence-electron chi connectivity index (χ0n) is 16.8. The lowest BCUT2D eigenvalue weighted by Gasteiger charge is -2.23. The Bertz CT molecular complexity index is 928. The Kier molecular flexibility index (Phi) is 7.17. The highest BCUT2D eigenvalue weighted by Crippen LogP contribution is 2.25. The summed E-state index contributed by atoms with van der Waals surface area (Å²) < 4.78 is 4.95. The van der Waals surface area contributed by atoms with Crippen LogP contribution in [0.1, 0.15) is 35.5 Å². The van der Waals surface area contributed by atoms with Gasteiger partial charge in [-0.2, -0.15) is 0 Å². The second kappa shape index (κ2) is 9.82. The number of carbonyl (C=O) groups excluding carboxylic acids is 3. The number of ether oxygens (including phenoxy) is 1. The van der Waals surface area contributed by atoms with Gasteiger partial charge in [-0.25, -0.2) is 4.79 Å². The molecule has 158 valence electrons. The fourth-order valence-corrected chi connectivity index (χ4v) is 4.34. The summed E-state index contributed by atoms with van der Waals surface area (Å²) in [5.74, 6) is -0.870. The smallest absolute Gasteiger partial charge is 0.338 e. The van der Waals surface area contributed by atoms with Crippen molar-refractivity contribution in [3.63, 3.8) is 0 Å². The van der Waals surface area contributed by atoms with Crippen molar-refractivity contribution in [3.05, 3.63) is 52.2 Å². The van der Waals surface area contributed by atoms with Crippen molar-refractivity contribution in [3.8, 4) is 0 Å². The number of carbonyl (C=O) groups is 3. The molecule has 0 spiro atoms. The number of hydrogen-bond acceptors (Lipinski definition) is 6. The van der Waals surface area contributed by atoms with Crippen molar-refractivity contribution in [2.24, 2.45) is 0 Å². The van der Waals surface area contributed by atoms with Crippen LogP contribution in [-0.4, -0.2) is 51.9 Å². The number of hydrogen-bond donors (Lipinski definition) is 1. The maximum Gasteiger partial charge on any atom is 0.338 e. The SMILES string of the molecule is CCOC(=O)c1ccc(NC(=O)C[C@@H]2C(=O)N(CC)C(=S)N2Cc2cccs2)cc1. The number of nitrogens with zero attached hydrogens (tertiary/aromatic N) is 2. The van der Waals surface area contributed by atoms with E-state index in [4.69, 9.17) is 17.0 Å². The lowest BCUT2D eigenvalue weighted by molar-refractivity contribution is -0.130. The zero-order valence-corrected chi connectivity index (χ0v) is 18.4. The van der Waals surface area contributed by atoms with Gasteiger partial charge in [0.05, 0.1) is 25.1 Å². The quantitative estimate of drug-likeness (QED) is 0.496. The number of amides is 2. The van der Waals surface area contributed by atoms with Gasteiger partial charge < -0.3 is 15.0 Å². The molecule has 1 saturated heterocycles. The van der Waals surface area contributed by atoms with E-state index in [-0.39, 0.29) is 18.2 Å². The van der Waals surface area contributed by atoms with Crippen molar-refractivity contribution in [2.45, 2.75) is 32.9 Å². The molecule has 1 fully saturated rings. The van der Waals surface area contributed by atoms with Crippen molar-refractivity contribution >= 4 is 52.1 Å². The summed E-state index contributed by atoms with van der Waals surface area (Å²) in [6.45, 7) is 4.85. The van der Waals surface area contributed by atoms with Gasteiger partial charge in [0.2, 0.25) is 5.91 Å². The van der Waals surface area contributed by atoms with Gasteiger partial charge in [0.1, 0.15) is 6.04 Å². The molecule has 30 heavy (non-hydrogen) atoms. The normalized spacial score (nSPS) is 16.1. The summed E-state index contributed by atoms with van der Waals surface area (Å²) in [7, 11) is 0. The Labute approximate surface area is 184 Å². The lowest BCUT2D eigenvalue weighted by atomic mass is 10.1. The van der Waals surface area contributed by atoms with Crippen LogP contribution in [0, 0.1) is 0 Å². The molecule has 0 unspecified atom stereocenters. The molecular weight excluding hydrogens is 422 g/mol. The molecule has 2 amide bonds. The van der Waals surface area contributed by atoms with Gasteiger partial charge in [0.25, 0.3) is 5.91 Å². The van der Waals surface area contributed by atoms with E-state index < -0.39 is 12.0 Å². The minimum atomic E-state index is -0.640. The monoisotopic (exact) mass is 445 g/mol. The van der Waals surface area contributed by atoms with Crippen molar-refractivity contribution in [1.29, 1.82) is 0 Å². The highest BCUT2D eigenvalue weighted by atomic mass is 32.1. The number of nitrogens with one attached hydrogen (secondary N) is 1. The molecule has 1 aromatic carbocycles. The third-order valence-electron chi connectivity index (χ3n) is 4.68. The number of esters is 1. The molecule has 1 aromatic heterocycles.